The lowest BCUT2D eigenvalue weighted by molar-refractivity contribution is 0.0923. The molecule has 0 radical (unpaired) electrons. The molecule has 17 heavy (non-hydrogen) atoms. The van der Waals surface area contributed by atoms with Gasteiger partial charge in [-0.25, -0.2) is 0 Å². The average molecular weight is 230 g/mol. The summed E-state index contributed by atoms with van der Waals surface area (Å²) in [5, 5.41) is 11.8. The summed E-state index contributed by atoms with van der Waals surface area (Å²) in [6, 6.07) is 7.80. The van der Waals surface area contributed by atoms with Gasteiger partial charge in [-0.1, -0.05) is 24.1 Å². The molecule has 0 aliphatic carbocycles. The van der Waals surface area contributed by atoms with Gasteiger partial charge in [0.2, 0.25) is 0 Å². The Labute approximate surface area is 102 Å². The van der Waals surface area contributed by atoms with Gasteiger partial charge in [0.25, 0.3) is 5.91 Å². The Morgan fingerprint density at radius 3 is 2.29 bits per heavy atom. The Morgan fingerprint density at radius 1 is 1.35 bits per heavy atom. The van der Waals surface area contributed by atoms with Crippen LogP contribution in [-0.2, 0) is 0 Å². The summed E-state index contributed by atoms with van der Waals surface area (Å²) in [6.07, 6.45) is 0.583. The molecule has 1 atom stereocenters. The molecule has 0 saturated heterocycles. The molecule has 1 aromatic carbocycles. The lowest BCUT2D eigenvalue weighted by Crippen LogP contribution is -2.44. The van der Waals surface area contributed by atoms with E-state index in [2.05, 4.69) is 11.4 Å². The number of carbonyl (C=O) groups is 1. The van der Waals surface area contributed by atoms with Gasteiger partial charge in [-0.15, -0.1) is 0 Å². The van der Waals surface area contributed by atoms with E-state index in [9.17, 15) is 4.79 Å². The van der Waals surface area contributed by atoms with Crippen molar-refractivity contribution in [2.24, 2.45) is 0 Å². The second-order valence-corrected chi connectivity index (χ2v) is 4.63. The van der Waals surface area contributed by atoms with Gasteiger partial charge >= 0.3 is 0 Å². The van der Waals surface area contributed by atoms with E-state index in [-0.39, 0.29) is 5.91 Å². The number of amides is 1. The van der Waals surface area contributed by atoms with Crippen LogP contribution in [0.2, 0.25) is 0 Å². The molecule has 0 unspecified atom stereocenters. The van der Waals surface area contributed by atoms with E-state index in [1.54, 1.807) is 6.92 Å². The predicted octanol–water partition coefficient (Wildman–Crippen LogP) is 2.73. The van der Waals surface area contributed by atoms with Gasteiger partial charge in [0.05, 0.1) is 6.07 Å². The molecular weight excluding hydrogens is 212 g/mol. The van der Waals surface area contributed by atoms with E-state index in [4.69, 9.17) is 5.26 Å². The maximum atomic E-state index is 12.0. The normalized spacial score (nSPS) is 13.6. The third kappa shape index (κ3) is 3.32. The minimum absolute atomic E-state index is 0.192. The summed E-state index contributed by atoms with van der Waals surface area (Å²) in [7, 11) is 0. The quantitative estimate of drug-likeness (QED) is 0.868. The first-order valence-corrected chi connectivity index (χ1v) is 5.72. The SMILES string of the molecule is CC[C@](C)(C#N)NC(=O)c1cc(C)cc(C)c1. The summed E-state index contributed by atoms with van der Waals surface area (Å²) in [4.78, 5) is 12.0. The fourth-order valence-electron chi connectivity index (χ4n) is 1.62. The highest BCUT2D eigenvalue weighted by atomic mass is 16.1. The smallest absolute Gasteiger partial charge is 0.252 e. The van der Waals surface area contributed by atoms with Crippen LogP contribution >= 0.6 is 0 Å². The van der Waals surface area contributed by atoms with Crippen molar-refractivity contribution in [3.05, 3.63) is 34.9 Å². The molecule has 0 saturated carbocycles. The van der Waals surface area contributed by atoms with Crippen molar-refractivity contribution < 1.29 is 4.79 Å². The number of carbonyl (C=O) groups excluding carboxylic acids is 1. The number of benzene rings is 1. The maximum absolute atomic E-state index is 12.0. The third-order valence-electron chi connectivity index (χ3n) is 2.83. The summed E-state index contributed by atoms with van der Waals surface area (Å²) in [5.74, 6) is -0.192. The van der Waals surface area contributed by atoms with E-state index in [0.717, 1.165) is 11.1 Å². The Balaban J connectivity index is 2.95. The number of rotatable bonds is 3. The number of aryl methyl sites for hydroxylation is 2. The van der Waals surface area contributed by atoms with E-state index in [1.165, 1.54) is 0 Å². The van der Waals surface area contributed by atoms with Crippen molar-refractivity contribution in [3.8, 4) is 6.07 Å². The highest BCUT2D eigenvalue weighted by molar-refractivity contribution is 5.95. The number of hydrogen-bond donors (Lipinski definition) is 1. The van der Waals surface area contributed by atoms with Crippen molar-refractivity contribution in [2.45, 2.75) is 39.7 Å². The zero-order valence-electron chi connectivity index (χ0n) is 10.8. The van der Waals surface area contributed by atoms with Gasteiger partial charge in [-0.2, -0.15) is 5.26 Å². The molecule has 1 N–H and O–H groups in total. The van der Waals surface area contributed by atoms with Gasteiger partial charge in [-0.3, -0.25) is 4.79 Å². The highest BCUT2D eigenvalue weighted by Gasteiger charge is 2.24. The van der Waals surface area contributed by atoms with Crippen LogP contribution < -0.4 is 5.32 Å². The molecule has 90 valence electrons. The van der Waals surface area contributed by atoms with Crippen LogP contribution in [0, 0.1) is 25.2 Å². The minimum atomic E-state index is -0.797. The fraction of sp³-hybridized carbons (Fsp3) is 0.429. The molecule has 0 aliphatic heterocycles. The summed E-state index contributed by atoms with van der Waals surface area (Å²) in [5.41, 5.74) is 1.91. The molecule has 0 spiro atoms. The van der Waals surface area contributed by atoms with Crippen molar-refractivity contribution in [1.29, 1.82) is 5.26 Å². The largest absolute Gasteiger partial charge is 0.334 e. The van der Waals surface area contributed by atoms with E-state index in [0.29, 0.717) is 12.0 Å². The van der Waals surface area contributed by atoms with Gasteiger partial charge < -0.3 is 5.32 Å². The Kier molecular flexibility index (Phi) is 3.90. The number of nitrogens with zero attached hydrogens (tertiary/aromatic N) is 1. The van der Waals surface area contributed by atoms with Crippen LogP contribution in [0.4, 0.5) is 0 Å². The molecule has 0 aromatic heterocycles. The summed E-state index contributed by atoms with van der Waals surface area (Å²) >= 11 is 0. The molecule has 3 heteroatoms. The topological polar surface area (TPSA) is 52.9 Å². The monoisotopic (exact) mass is 230 g/mol. The molecule has 3 nitrogen and oxygen atoms in total. The van der Waals surface area contributed by atoms with Crippen LogP contribution in [0.1, 0.15) is 41.8 Å². The van der Waals surface area contributed by atoms with Gasteiger partial charge in [0.15, 0.2) is 0 Å². The van der Waals surface area contributed by atoms with Gasteiger partial charge in [0, 0.05) is 5.56 Å². The molecule has 1 amide bonds. The lowest BCUT2D eigenvalue weighted by atomic mass is 9.99. The van der Waals surface area contributed by atoms with Crippen LogP contribution in [0.3, 0.4) is 0 Å². The first kappa shape index (κ1) is 13.2. The standard InChI is InChI=1S/C14H18N2O/c1-5-14(4,9-15)16-13(17)12-7-10(2)6-11(3)8-12/h6-8H,5H2,1-4H3,(H,16,17)/t14-/m1/s1. The highest BCUT2D eigenvalue weighted by Crippen LogP contribution is 2.12. The summed E-state index contributed by atoms with van der Waals surface area (Å²) < 4.78 is 0. The molecule has 1 aromatic rings. The molecule has 0 bridgehead atoms. The van der Waals surface area contributed by atoms with E-state index in [1.807, 2.05) is 39.0 Å². The molecule has 0 heterocycles. The van der Waals surface area contributed by atoms with Crippen molar-refractivity contribution in [2.75, 3.05) is 0 Å². The summed E-state index contributed by atoms with van der Waals surface area (Å²) in [6.45, 7) is 7.51. The molecular formula is C14H18N2O. The lowest BCUT2D eigenvalue weighted by Gasteiger charge is -2.21. The van der Waals surface area contributed by atoms with Crippen molar-refractivity contribution in [1.82, 2.24) is 5.32 Å². The number of nitrogens with one attached hydrogen (secondary N) is 1. The molecule has 0 fully saturated rings. The Morgan fingerprint density at radius 2 is 1.88 bits per heavy atom. The molecule has 0 aliphatic rings. The second-order valence-electron chi connectivity index (χ2n) is 4.63. The van der Waals surface area contributed by atoms with Gasteiger partial charge in [-0.05, 0) is 39.3 Å². The minimum Gasteiger partial charge on any atom is -0.334 e. The fourth-order valence-corrected chi connectivity index (χ4v) is 1.62. The Bertz CT molecular complexity index is 453. The predicted molar refractivity (Wildman–Crippen MR) is 67.7 cm³/mol. The number of nitriles is 1. The molecule has 1 rings (SSSR count). The van der Waals surface area contributed by atoms with Crippen molar-refractivity contribution in [3.63, 3.8) is 0 Å². The van der Waals surface area contributed by atoms with E-state index < -0.39 is 5.54 Å². The average Bonchev–Trinajstić information content (AvgIpc) is 2.27. The zero-order chi connectivity index (χ0) is 13.1. The first-order valence-electron chi connectivity index (χ1n) is 5.72. The van der Waals surface area contributed by atoms with Crippen LogP contribution in [-0.4, -0.2) is 11.4 Å². The van der Waals surface area contributed by atoms with Crippen molar-refractivity contribution >= 4 is 5.91 Å². The van der Waals surface area contributed by atoms with E-state index >= 15 is 0 Å². The Hall–Kier alpha value is -1.82. The van der Waals surface area contributed by atoms with Crippen LogP contribution in [0.25, 0.3) is 0 Å². The third-order valence-corrected chi connectivity index (χ3v) is 2.83. The number of hydrogen-bond acceptors (Lipinski definition) is 2. The van der Waals surface area contributed by atoms with Gasteiger partial charge in [0.1, 0.15) is 5.54 Å². The zero-order valence-corrected chi connectivity index (χ0v) is 10.8. The van der Waals surface area contributed by atoms with Crippen LogP contribution in [0.15, 0.2) is 18.2 Å². The second kappa shape index (κ2) is 5.01. The first-order chi connectivity index (χ1) is 7.90. The van der Waals surface area contributed by atoms with Crippen LogP contribution in [0.5, 0.6) is 0 Å². The maximum Gasteiger partial charge on any atom is 0.252 e.